The molecule has 2 rings (SSSR count). The smallest absolute Gasteiger partial charge is 0.323 e. The number of carbonyl (C=O) groups is 2. The number of nitrogens with zero attached hydrogens (tertiary/aromatic N) is 3. The Hall–Kier alpha value is -1.39. The van der Waals surface area contributed by atoms with Crippen LogP contribution in [0.1, 0.15) is 6.92 Å². The maximum Gasteiger partial charge on any atom is 0.323 e. The molecule has 0 aromatic carbocycles. The average molecular weight is 332 g/mol. The Bertz CT molecular complexity index is 490. The monoisotopic (exact) mass is 332 g/mol. The van der Waals surface area contributed by atoms with E-state index in [1.54, 1.807) is 11.8 Å². The van der Waals surface area contributed by atoms with Crippen molar-refractivity contribution in [1.29, 1.82) is 0 Å². The second-order valence-electron chi connectivity index (χ2n) is 4.00. The van der Waals surface area contributed by atoms with Crippen molar-refractivity contribution in [2.24, 2.45) is 0 Å². The van der Waals surface area contributed by atoms with Crippen LogP contribution in [0, 0.1) is 0 Å². The van der Waals surface area contributed by atoms with Gasteiger partial charge in [-0.2, -0.15) is 0 Å². The number of esters is 1. The minimum atomic E-state index is -0.295. The molecule has 0 saturated carbocycles. The Balaban J connectivity index is 1.79. The maximum absolute atomic E-state index is 11.9. The summed E-state index contributed by atoms with van der Waals surface area (Å²) in [5, 5.41) is 10.9. The van der Waals surface area contributed by atoms with Crippen LogP contribution in [0.3, 0.4) is 0 Å². The van der Waals surface area contributed by atoms with Gasteiger partial charge in [-0.1, -0.05) is 23.1 Å². The first-order valence-corrected chi connectivity index (χ1v) is 8.25. The van der Waals surface area contributed by atoms with Crippen LogP contribution >= 0.6 is 23.1 Å². The highest BCUT2D eigenvalue weighted by Gasteiger charge is 2.18. The Labute approximate surface area is 130 Å². The molecule has 1 saturated heterocycles. The number of ether oxygens (including phenoxy) is 2. The molecular weight excluding hydrogens is 316 g/mol. The van der Waals surface area contributed by atoms with Gasteiger partial charge in [0.05, 0.1) is 25.6 Å². The fraction of sp³-hybridized carbons (Fsp3) is 0.636. The Morgan fingerprint density at radius 2 is 2.19 bits per heavy atom. The maximum atomic E-state index is 11.9. The topological polar surface area (TPSA) is 93.7 Å². The second kappa shape index (κ2) is 8.15. The zero-order chi connectivity index (χ0) is 15.1. The summed E-state index contributed by atoms with van der Waals surface area (Å²) in [5.41, 5.74) is 0. The first-order valence-electron chi connectivity index (χ1n) is 6.44. The summed E-state index contributed by atoms with van der Waals surface area (Å²) in [6.45, 7) is 4.34. The number of urea groups is 1. The zero-order valence-electron chi connectivity index (χ0n) is 11.5. The SMILES string of the molecule is CCOC(=O)CSc1nnc(NC(=O)N2CCOCC2)s1. The van der Waals surface area contributed by atoms with Crippen molar-refractivity contribution >= 4 is 40.2 Å². The van der Waals surface area contributed by atoms with Crippen molar-refractivity contribution in [1.82, 2.24) is 15.1 Å². The number of aromatic nitrogens is 2. The van der Waals surface area contributed by atoms with E-state index in [-0.39, 0.29) is 17.8 Å². The van der Waals surface area contributed by atoms with Gasteiger partial charge in [0, 0.05) is 13.1 Å². The highest BCUT2D eigenvalue weighted by Crippen LogP contribution is 2.25. The number of carbonyl (C=O) groups excluding carboxylic acids is 2. The van der Waals surface area contributed by atoms with Gasteiger partial charge in [0.1, 0.15) is 0 Å². The largest absolute Gasteiger partial charge is 0.465 e. The van der Waals surface area contributed by atoms with E-state index in [0.717, 1.165) is 0 Å². The van der Waals surface area contributed by atoms with Crippen LogP contribution in [0.15, 0.2) is 4.34 Å². The molecule has 1 N–H and O–H groups in total. The van der Waals surface area contributed by atoms with Crippen molar-refractivity contribution in [3.8, 4) is 0 Å². The lowest BCUT2D eigenvalue weighted by Crippen LogP contribution is -2.43. The van der Waals surface area contributed by atoms with E-state index < -0.39 is 0 Å². The molecule has 0 aliphatic carbocycles. The highest BCUT2D eigenvalue weighted by molar-refractivity contribution is 8.01. The Kier molecular flexibility index (Phi) is 6.21. The number of thioether (sulfide) groups is 1. The van der Waals surface area contributed by atoms with Gasteiger partial charge in [-0.05, 0) is 6.92 Å². The fourth-order valence-electron chi connectivity index (χ4n) is 1.58. The molecule has 116 valence electrons. The van der Waals surface area contributed by atoms with Gasteiger partial charge < -0.3 is 14.4 Å². The van der Waals surface area contributed by atoms with Gasteiger partial charge in [-0.3, -0.25) is 10.1 Å². The van der Waals surface area contributed by atoms with Crippen molar-refractivity contribution in [2.75, 3.05) is 44.0 Å². The number of hydrogen-bond donors (Lipinski definition) is 1. The van der Waals surface area contributed by atoms with Crippen molar-refractivity contribution in [3.63, 3.8) is 0 Å². The van der Waals surface area contributed by atoms with E-state index in [2.05, 4.69) is 15.5 Å². The highest BCUT2D eigenvalue weighted by atomic mass is 32.2. The van der Waals surface area contributed by atoms with E-state index in [1.165, 1.54) is 23.1 Å². The summed E-state index contributed by atoms with van der Waals surface area (Å²) in [7, 11) is 0. The van der Waals surface area contributed by atoms with Gasteiger partial charge in [0.15, 0.2) is 4.34 Å². The summed E-state index contributed by atoms with van der Waals surface area (Å²) in [6, 6.07) is -0.212. The Morgan fingerprint density at radius 3 is 2.90 bits per heavy atom. The number of anilines is 1. The third-order valence-corrected chi connectivity index (χ3v) is 4.48. The van der Waals surface area contributed by atoms with E-state index in [4.69, 9.17) is 9.47 Å². The van der Waals surface area contributed by atoms with Crippen LogP contribution < -0.4 is 5.32 Å². The Morgan fingerprint density at radius 1 is 1.43 bits per heavy atom. The van der Waals surface area contributed by atoms with Crippen LogP contribution in [0.2, 0.25) is 0 Å². The van der Waals surface area contributed by atoms with Crippen molar-refractivity contribution in [2.45, 2.75) is 11.3 Å². The third kappa shape index (κ3) is 5.14. The molecule has 1 aliphatic heterocycles. The molecule has 0 atom stereocenters. The molecule has 21 heavy (non-hydrogen) atoms. The van der Waals surface area contributed by atoms with Gasteiger partial charge in [0.2, 0.25) is 5.13 Å². The number of morpholine rings is 1. The molecular formula is C11H16N4O4S2. The number of hydrogen-bond acceptors (Lipinski definition) is 8. The lowest BCUT2D eigenvalue weighted by molar-refractivity contribution is -0.139. The van der Waals surface area contributed by atoms with Crippen molar-refractivity contribution < 1.29 is 19.1 Å². The van der Waals surface area contributed by atoms with Crippen LogP contribution in [0.25, 0.3) is 0 Å². The molecule has 2 amide bonds. The molecule has 8 nitrogen and oxygen atoms in total. The quantitative estimate of drug-likeness (QED) is 0.489. The van der Waals surface area contributed by atoms with E-state index in [9.17, 15) is 9.59 Å². The standard InChI is InChI=1S/C11H16N4O4S2/c1-2-19-8(16)7-20-11-14-13-9(21-11)12-10(17)15-3-5-18-6-4-15/h2-7H2,1H3,(H,12,13,17). The predicted molar refractivity (Wildman–Crippen MR) is 78.7 cm³/mol. The van der Waals surface area contributed by atoms with Gasteiger partial charge in [-0.15, -0.1) is 10.2 Å². The fourth-order valence-corrected chi connectivity index (χ4v) is 3.12. The number of nitrogens with one attached hydrogen (secondary N) is 1. The molecule has 0 radical (unpaired) electrons. The summed E-state index contributed by atoms with van der Waals surface area (Å²) < 4.78 is 10.6. The molecule has 1 aliphatic rings. The molecule has 0 spiro atoms. The third-order valence-electron chi connectivity index (χ3n) is 2.54. The molecule has 1 aromatic rings. The van der Waals surface area contributed by atoms with Crippen LogP contribution in [0.4, 0.5) is 9.93 Å². The summed E-state index contributed by atoms with van der Waals surface area (Å²) in [5.74, 6) is -0.114. The lowest BCUT2D eigenvalue weighted by atomic mass is 10.4. The van der Waals surface area contributed by atoms with Crippen molar-refractivity contribution in [3.05, 3.63) is 0 Å². The van der Waals surface area contributed by atoms with Crippen LogP contribution in [-0.4, -0.2) is 65.8 Å². The van der Waals surface area contributed by atoms with Crippen LogP contribution in [0.5, 0.6) is 0 Å². The summed E-state index contributed by atoms with van der Waals surface area (Å²) in [6.07, 6.45) is 0. The molecule has 0 unspecified atom stereocenters. The first-order chi connectivity index (χ1) is 10.2. The molecule has 10 heteroatoms. The predicted octanol–water partition coefficient (Wildman–Crippen LogP) is 1.06. The van der Waals surface area contributed by atoms with E-state index in [0.29, 0.717) is 42.4 Å². The molecule has 1 aromatic heterocycles. The van der Waals surface area contributed by atoms with E-state index >= 15 is 0 Å². The first kappa shape index (κ1) is 16.0. The molecule has 1 fully saturated rings. The normalized spacial score (nSPS) is 14.8. The van der Waals surface area contributed by atoms with E-state index in [1.807, 2.05) is 0 Å². The minimum Gasteiger partial charge on any atom is -0.465 e. The van der Waals surface area contributed by atoms with Gasteiger partial charge >= 0.3 is 12.0 Å². The molecule has 2 heterocycles. The molecule has 0 bridgehead atoms. The van der Waals surface area contributed by atoms with Gasteiger partial charge in [-0.25, -0.2) is 4.79 Å². The number of rotatable bonds is 5. The minimum absolute atomic E-state index is 0.180. The number of amides is 2. The average Bonchev–Trinajstić information content (AvgIpc) is 2.94. The second-order valence-corrected chi connectivity index (χ2v) is 6.20. The lowest BCUT2D eigenvalue weighted by Gasteiger charge is -2.26. The van der Waals surface area contributed by atoms with Gasteiger partial charge in [0.25, 0.3) is 0 Å². The summed E-state index contributed by atoms with van der Waals surface area (Å²) >= 11 is 2.47. The summed E-state index contributed by atoms with van der Waals surface area (Å²) in [4.78, 5) is 24.8. The van der Waals surface area contributed by atoms with Crippen LogP contribution in [-0.2, 0) is 14.3 Å². The zero-order valence-corrected chi connectivity index (χ0v) is 13.2.